The average Bonchev–Trinajstić information content (AvgIpc) is 2.90. The number of aryl methyl sites for hydroxylation is 2. The number of aromatic nitrogens is 2. The number of fused-ring (bicyclic) bond motifs is 1. The van der Waals surface area contributed by atoms with Crippen molar-refractivity contribution in [3.8, 4) is 0 Å². The van der Waals surface area contributed by atoms with Crippen molar-refractivity contribution in [1.82, 2.24) is 20.4 Å². The van der Waals surface area contributed by atoms with Gasteiger partial charge in [-0.2, -0.15) is 5.10 Å². The summed E-state index contributed by atoms with van der Waals surface area (Å²) in [6, 6.07) is 8.45. The fraction of sp³-hybridized carbons (Fsp3) is 0.412. The van der Waals surface area contributed by atoms with E-state index in [1.54, 1.807) is 0 Å². The average molecular weight is 298 g/mol. The molecule has 5 nitrogen and oxygen atoms in total. The third kappa shape index (κ3) is 3.13. The summed E-state index contributed by atoms with van der Waals surface area (Å²) in [5, 5.41) is 10.3. The Hall–Kier alpha value is -2.30. The van der Waals surface area contributed by atoms with Crippen molar-refractivity contribution in [2.45, 2.75) is 33.2 Å². The molecule has 5 heteroatoms. The number of nitrogens with zero attached hydrogens (tertiary/aromatic N) is 2. The van der Waals surface area contributed by atoms with E-state index >= 15 is 0 Å². The highest BCUT2D eigenvalue weighted by molar-refractivity contribution is 5.74. The van der Waals surface area contributed by atoms with Gasteiger partial charge < -0.3 is 10.2 Å². The Morgan fingerprint density at radius 3 is 2.86 bits per heavy atom. The fourth-order valence-corrected chi connectivity index (χ4v) is 2.78. The van der Waals surface area contributed by atoms with Crippen LogP contribution in [0.4, 0.5) is 4.79 Å². The minimum atomic E-state index is 0.0124. The largest absolute Gasteiger partial charge is 0.338 e. The van der Waals surface area contributed by atoms with Crippen molar-refractivity contribution < 1.29 is 4.79 Å². The van der Waals surface area contributed by atoms with Gasteiger partial charge in [-0.1, -0.05) is 29.8 Å². The molecule has 3 rings (SSSR count). The Morgan fingerprint density at radius 1 is 1.32 bits per heavy atom. The molecule has 0 saturated carbocycles. The lowest BCUT2D eigenvalue weighted by atomic mass is 10.1. The molecule has 1 aliphatic heterocycles. The van der Waals surface area contributed by atoms with Gasteiger partial charge in [0.25, 0.3) is 0 Å². The zero-order chi connectivity index (χ0) is 15.5. The summed E-state index contributed by atoms with van der Waals surface area (Å²) >= 11 is 0. The van der Waals surface area contributed by atoms with Gasteiger partial charge in [0.05, 0.1) is 12.2 Å². The molecule has 0 atom stereocenters. The van der Waals surface area contributed by atoms with E-state index in [9.17, 15) is 4.79 Å². The molecule has 0 saturated heterocycles. The Balaban J connectivity index is 1.50. The third-order valence-corrected chi connectivity index (χ3v) is 4.22. The standard InChI is InChI=1S/C17H22N4O/c1-12-3-5-14(6-4-12)7-9-18-17(22)21-10-8-16-15(11-21)13(2)19-20-16/h3-6H,7-11H2,1-2H3,(H,18,22)(H,19,20). The molecule has 0 bridgehead atoms. The second-order valence-electron chi connectivity index (χ2n) is 5.91. The van der Waals surface area contributed by atoms with E-state index < -0.39 is 0 Å². The van der Waals surface area contributed by atoms with Gasteiger partial charge in [0.15, 0.2) is 0 Å². The van der Waals surface area contributed by atoms with Crippen LogP contribution in [-0.2, 0) is 19.4 Å². The van der Waals surface area contributed by atoms with Crippen molar-refractivity contribution in [2.24, 2.45) is 0 Å². The van der Waals surface area contributed by atoms with E-state index in [1.807, 2.05) is 11.8 Å². The molecular weight excluding hydrogens is 276 g/mol. The van der Waals surface area contributed by atoms with Crippen LogP contribution < -0.4 is 5.32 Å². The van der Waals surface area contributed by atoms with Gasteiger partial charge in [0.2, 0.25) is 0 Å². The molecule has 0 spiro atoms. The first kappa shape index (κ1) is 14.6. The Kier molecular flexibility index (Phi) is 4.13. The number of rotatable bonds is 3. The lowest BCUT2D eigenvalue weighted by Gasteiger charge is -2.27. The van der Waals surface area contributed by atoms with Gasteiger partial charge in [-0.05, 0) is 25.8 Å². The van der Waals surface area contributed by atoms with Crippen LogP contribution in [0.3, 0.4) is 0 Å². The first-order valence-corrected chi connectivity index (χ1v) is 7.74. The second-order valence-corrected chi connectivity index (χ2v) is 5.91. The molecule has 22 heavy (non-hydrogen) atoms. The van der Waals surface area contributed by atoms with Gasteiger partial charge in [-0.25, -0.2) is 4.79 Å². The number of benzene rings is 1. The van der Waals surface area contributed by atoms with Crippen LogP contribution in [0.5, 0.6) is 0 Å². The molecule has 0 unspecified atom stereocenters. The molecule has 2 aromatic rings. The number of urea groups is 1. The number of carbonyl (C=O) groups excluding carboxylic acids is 1. The first-order chi connectivity index (χ1) is 10.6. The van der Waals surface area contributed by atoms with Crippen molar-refractivity contribution >= 4 is 6.03 Å². The van der Waals surface area contributed by atoms with Crippen LogP contribution in [0.25, 0.3) is 0 Å². The number of aromatic amines is 1. The molecule has 2 N–H and O–H groups in total. The SMILES string of the molecule is Cc1ccc(CCNC(=O)N2CCc3n[nH]c(C)c3C2)cc1. The molecule has 1 aliphatic rings. The molecule has 2 heterocycles. The summed E-state index contributed by atoms with van der Waals surface area (Å²) in [6.45, 7) is 6.12. The molecule has 1 aromatic heterocycles. The van der Waals surface area contributed by atoms with E-state index in [4.69, 9.17) is 0 Å². The Morgan fingerprint density at radius 2 is 2.09 bits per heavy atom. The van der Waals surface area contributed by atoms with Crippen LogP contribution >= 0.6 is 0 Å². The zero-order valence-corrected chi connectivity index (χ0v) is 13.1. The maximum atomic E-state index is 12.3. The molecular formula is C17H22N4O. The summed E-state index contributed by atoms with van der Waals surface area (Å²) in [7, 11) is 0. The quantitative estimate of drug-likeness (QED) is 0.913. The summed E-state index contributed by atoms with van der Waals surface area (Å²) in [6.07, 6.45) is 1.68. The molecule has 0 aliphatic carbocycles. The van der Waals surface area contributed by atoms with Gasteiger partial charge in [0.1, 0.15) is 0 Å². The third-order valence-electron chi connectivity index (χ3n) is 4.22. The van der Waals surface area contributed by atoms with E-state index in [1.165, 1.54) is 16.7 Å². The number of nitrogens with one attached hydrogen (secondary N) is 2. The number of carbonyl (C=O) groups is 1. The Bertz CT molecular complexity index is 660. The molecule has 116 valence electrons. The number of hydrogen-bond acceptors (Lipinski definition) is 2. The number of H-pyrrole nitrogens is 1. The highest BCUT2D eigenvalue weighted by atomic mass is 16.2. The number of hydrogen-bond donors (Lipinski definition) is 2. The van der Waals surface area contributed by atoms with Crippen molar-refractivity contribution in [3.63, 3.8) is 0 Å². The predicted molar refractivity (Wildman–Crippen MR) is 85.7 cm³/mol. The van der Waals surface area contributed by atoms with Gasteiger partial charge in [-0.15, -0.1) is 0 Å². The van der Waals surface area contributed by atoms with E-state index in [0.29, 0.717) is 13.1 Å². The summed E-state index contributed by atoms with van der Waals surface area (Å²) in [5.41, 5.74) is 5.83. The minimum absolute atomic E-state index is 0.0124. The fourth-order valence-electron chi connectivity index (χ4n) is 2.78. The summed E-state index contributed by atoms with van der Waals surface area (Å²) < 4.78 is 0. The van der Waals surface area contributed by atoms with Crippen LogP contribution in [0.15, 0.2) is 24.3 Å². The minimum Gasteiger partial charge on any atom is -0.338 e. The van der Waals surface area contributed by atoms with Crippen molar-refractivity contribution in [1.29, 1.82) is 0 Å². The summed E-state index contributed by atoms with van der Waals surface area (Å²) in [5.74, 6) is 0. The van der Waals surface area contributed by atoms with Gasteiger partial charge in [0, 0.05) is 30.8 Å². The highest BCUT2D eigenvalue weighted by Crippen LogP contribution is 2.19. The van der Waals surface area contributed by atoms with Crippen molar-refractivity contribution in [2.75, 3.05) is 13.1 Å². The Labute approximate surface area is 130 Å². The smallest absolute Gasteiger partial charge is 0.317 e. The van der Waals surface area contributed by atoms with Crippen LogP contribution in [0, 0.1) is 13.8 Å². The van der Waals surface area contributed by atoms with Crippen LogP contribution in [0.2, 0.25) is 0 Å². The first-order valence-electron chi connectivity index (χ1n) is 7.74. The highest BCUT2D eigenvalue weighted by Gasteiger charge is 2.23. The van der Waals surface area contributed by atoms with Crippen LogP contribution in [0.1, 0.15) is 28.1 Å². The molecule has 0 fully saturated rings. The van der Waals surface area contributed by atoms with Crippen molar-refractivity contribution in [3.05, 3.63) is 52.3 Å². The van der Waals surface area contributed by atoms with Gasteiger partial charge >= 0.3 is 6.03 Å². The lowest BCUT2D eigenvalue weighted by Crippen LogP contribution is -2.43. The zero-order valence-electron chi connectivity index (χ0n) is 13.1. The van der Waals surface area contributed by atoms with E-state index in [0.717, 1.165) is 30.8 Å². The maximum absolute atomic E-state index is 12.3. The van der Waals surface area contributed by atoms with E-state index in [-0.39, 0.29) is 6.03 Å². The second kappa shape index (κ2) is 6.22. The topological polar surface area (TPSA) is 61.0 Å². The maximum Gasteiger partial charge on any atom is 0.317 e. The number of amides is 2. The lowest BCUT2D eigenvalue weighted by molar-refractivity contribution is 0.192. The monoisotopic (exact) mass is 298 g/mol. The molecule has 0 radical (unpaired) electrons. The summed E-state index contributed by atoms with van der Waals surface area (Å²) in [4.78, 5) is 14.1. The molecule has 1 aromatic carbocycles. The molecule has 2 amide bonds. The normalized spacial score (nSPS) is 13.8. The predicted octanol–water partition coefficient (Wildman–Crippen LogP) is 2.34. The van der Waals surface area contributed by atoms with Gasteiger partial charge in [-0.3, -0.25) is 5.10 Å². The van der Waals surface area contributed by atoms with Crippen LogP contribution in [-0.4, -0.2) is 34.2 Å². The van der Waals surface area contributed by atoms with E-state index in [2.05, 4.69) is 46.7 Å².